The molecule has 7 rings (SSSR count). The molecule has 21 nitrogen and oxygen atoms in total. The summed E-state index contributed by atoms with van der Waals surface area (Å²) in [7, 11) is 0. The summed E-state index contributed by atoms with van der Waals surface area (Å²) in [5.74, 6) is -8.68. The second kappa shape index (κ2) is 12.2. The van der Waals surface area contributed by atoms with Crippen molar-refractivity contribution < 1.29 is 79.6 Å². The zero-order chi connectivity index (χ0) is 34.3. The molecule has 0 radical (unpaired) electrons. The molecule has 4 aliphatic heterocycles. The molecule has 3 aliphatic carbocycles. The molecular formula is C24H18AlN3O18Sb+3. The fourth-order valence-corrected chi connectivity index (χ4v) is 8.00. The summed E-state index contributed by atoms with van der Waals surface area (Å²) in [6, 6.07) is 0. The number of hydrogen-bond donors (Lipinski definition) is 3. The number of nitrogens with zero attached hydrogens (tertiary/aromatic N) is 3. The van der Waals surface area contributed by atoms with Crippen LogP contribution in [-0.2, 0) is 49.5 Å². The number of carboxylic acids is 3. The molecule has 0 amide bonds. The minimum absolute atomic E-state index is 0.123. The smallest absolute Gasteiger partial charge is 0.476 e. The van der Waals surface area contributed by atoms with E-state index in [0.717, 1.165) is 48.6 Å². The van der Waals surface area contributed by atoms with E-state index in [9.17, 15) is 58.8 Å². The van der Waals surface area contributed by atoms with Crippen LogP contribution in [0.25, 0.3) is 0 Å². The van der Waals surface area contributed by atoms with Crippen LogP contribution >= 0.6 is 0 Å². The quantitative estimate of drug-likeness (QED) is 0.194. The van der Waals surface area contributed by atoms with Crippen LogP contribution in [0.5, 0.6) is 0 Å². The molecule has 0 saturated heterocycles. The van der Waals surface area contributed by atoms with Gasteiger partial charge in [0.25, 0.3) is 0 Å². The maximum absolute atomic E-state index is 13.1. The first-order chi connectivity index (χ1) is 22.1. The van der Waals surface area contributed by atoms with Gasteiger partial charge < -0.3 is 5.11 Å². The van der Waals surface area contributed by atoms with Gasteiger partial charge in [0.1, 0.15) is 0 Å². The molecule has 3 atom stereocenters. The van der Waals surface area contributed by atoms with Crippen molar-refractivity contribution in [2.75, 3.05) is 0 Å². The van der Waals surface area contributed by atoms with Crippen molar-refractivity contribution in [1.29, 1.82) is 0 Å². The molecule has 4 heterocycles. The normalized spacial score (nSPS) is 28.3. The number of carboxylic acid groups (broad SMARTS) is 3. The number of carbonyl (C=O) groups is 6. The fraction of sp³-hybridized carbons (Fsp3) is 0.250. The first-order valence-corrected chi connectivity index (χ1v) is 17.5. The molecule has 47 heavy (non-hydrogen) atoms. The summed E-state index contributed by atoms with van der Waals surface area (Å²) in [5.41, 5.74) is -8.03. The van der Waals surface area contributed by atoms with Crippen LogP contribution in [0, 0.1) is 14.7 Å². The van der Waals surface area contributed by atoms with Crippen LogP contribution in [0.2, 0.25) is 0 Å². The van der Waals surface area contributed by atoms with Crippen LogP contribution in [0.4, 0.5) is 0 Å². The summed E-state index contributed by atoms with van der Waals surface area (Å²) in [4.78, 5) is 111. The molecule has 3 unspecified atom stereocenters. The molecule has 0 fully saturated rings. The van der Waals surface area contributed by atoms with E-state index in [1.165, 1.54) is 0 Å². The van der Waals surface area contributed by atoms with E-state index >= 15 is 0 Å². The van der Waals surface area contributed by atoms with Crippen molar-refractivity contribution in [2.45, 2.75) is 35.9 Å². The van der Waals surface area contributed by atoms with E-state index in [0.29, 0.717) is 6.08 Å². The summed E-state index contributed by atoms with van der Waals surface area (Å²) in [6.07, 6.45) is 6.59. The molecule has 3 N–H and O–H groups in total. The summed E-state index contributed by atoms with van der Waals surface area (Å²) >= 11 is -8.94. The first-order valence-electron chi connectivity index (χ1n) is 12.9. The van der Waals surface area contributed by atoms with Gasteiger partial charge in [-0.05, 0) is 6.08 Å². The van der Waals surface area contributed by atoms with Gasteiger partial charge in [-0.3, -0.25) is 0 Å². The first kappa shape index (κ1) is 33.2. The van der Waals surface area contributed by atoms with E-state index in [2.05, 4.69) is 0 Å². The molecule has 0 aromatic carbocycles. The third kappa shape index (κ3) is 5.82. The second-order valence-corrected chi connectivity index (χ2v) is 14.0. The van der Waals surface area contributed by atoms with E-state index in [1.807, 2.05) is 0 Å². The van der Waals surface area contributed by atoms with Gasteiger partial charge in [0.15, 0.2) is 0 Å². The van der Waals surface area contributed by atoms with E-state index in [-0.39, 0.29) is 16.1 Å². The van der Waals surface area contributed by atoms with Gasteiger partial charge in [0.05, 0.1) is 6.42 Å². The van der Waals surface area contributed by atoms with Crippen molar-refractivity contribution in [3.05, 3.63) is 86.1 Å². The van der Waals surface area contributed by atoms with Crippen molar-refractivity contribution in [3.63, 3.8) is 0 Å². The third-order valence-electron chi connectivity index (χ3n) is 7.33. The molecular weight excluding hydrogens is 767 g/mol. The predicted octanol–water partition coefficient (Wildman–Crippen LogP) is -1.13. The number of aliphatic carboxylic acids is 3. The van der Waals surface area contributed by atoms with Crippen molar-refractivity contribution >= 4 is 72.4 Å². The summed E-state index contributed by atoms with van der Waals surface area (Å²) < 4.78 is 29.8. The van der Waals surface area contributed by atoms with Crippen molar-refractivity contribution in [1.82, 2.24) is 0 Å². The number of hydrogen-bond acceptors (Lipinski definition) is 15. The Labute approximate surface area is 273 Å². The minimum Gasteiger partial charge on any atom is -0.476 e. The topological polar surface area (TPSA) is 279 Å². The Kier molecular flexibility index (Phi) is 8.61. The van der Waals surface area contributed by atoms with Gasteiger partial charge in [-0.25, -0.2) is 4.79 Å². The number of fused-ring (bicyclic) bond motifs is 10. The Hall–Kier alpha value is -5.19. The SMILES string of the molecule is O=C1[O][Al]([O][N+](=O)C2(C(=O)O)C=CC(C(=O)[O][Sb]3[O]C(=O)C4=CCC(C(=O)O)(C=C4)[N+](=O)[O]3)=CC2)[O][N+](=O)C2(C(=O)O)C=CC1=CC2. The van der Waals surface area contributed by atoms with Gasteiger partial charge in [-0.2, -0.15) is 0 Å². The van der Waals surface area contributed by atoms with Gasteiger partial charge in [-0.15, -0.1) is 0 Å². The Bertz CT molecular complexity index is 1760. The van der Waals surface area contributed by atoms with Crippen LogP contribution < -0.4 is 0 Å². The molecule has 0 aromatic rings. The van der Waals surface area contributed by atoms with Crippen LogP contribution in [-0.4, -0.2) is 119 Å². The Morgan fingerprint density at radius 2 is 1.43 bits per heavy atom. The molecule has 0 spiro atoms. The molecule has 4 bridgehead atoms. The maximum atomic E-state index is 13.1. The summed E-state index contributed by atoms with van der Waals surface area (Å²) in [5, 5.41) is 29.1. The standard InChI is InChI=1S/3C8H7NO6.Al.Sb/c3*10-6(11)5-1-3-8(4-2-5,7(12)13)9(14)15;;/h3*1-3H,4H2,(H,10,11)(H,12,13);;/q;;;2*+3/p-3. The number of carbonyl (C=O) groups excluding carboxylic acids is 3. The van der Waals surface area contributed by atoms with Crippen molar-refractivity contribution in [3.8, 4) is 0 Å². The Balaban J connectivity index is 1.30. The average molecular weight is 785 g/mol. The average Bonchev–Trinajstić information content (AvgIpc) is 3.16. The van der Waals surface area contributed by atoms with Gasteiger partial charge in [0, 0.05) is 6.08 Å². The van der Waals surface area contributed by atoms with Crippen LogP contribution in [0.1, 0.15) is 19.3 Å². The van der Waals surface area contributed by atoms with Crippen LogP contribution in [0.15, 0.2) is 71.4 Å². The van der Waals surface area contributed by atoms with Gasteiger partial charge in [-0.1, -0.05) is 6.08 Å². The zero-order valence-corrected chi connectivity index (χ0v) is 26.9. The van der Waals surface area contributed by atoms with Crippen molar-refractivity contribution in [2.24, 2.45) is 0 Å². The van der Waals surface area contributed by atoms with E-state index < -0.39 is 124 Å². The molecule has 7 aliphatic rings. The van der Waals surface area contributed by atoms with Gasteiger partial charge in [0.2, 0.25) is 0 Å². The monoisotopic (exact) mass is 784 g/mol. The third-order valence-corrected chi connectivity index (χ3v) is 11.1. The predicted molar refractivity (Wildman–Crippen MR) is 141 cm³/mol. The summed E-state index contributed by atoms with van der Waals surface area (Å²) in [6.45, 7) is 0. The molecule has 23 heteroatoms. The Morgan fingerprint density at radius 1 is 0.830 bits per heavy atom. The van der Waals surface area contributed by atoms with E-state index in [4.69, 9.17) is 20.7 Å². The van der Waals surface area contributed by atoms with Gasteiger partial charge >= 0.3 is 239 Å². The zero-order valence-electron chi connectivity index (χ0n) is 23.1. The molecule has 0 saturated carbocycles. The minimum atomic E-state index is -4.64. The Morgan fingerprint density at radius 3 is 1.94 bits per heavy atom. The molecule has 0 aromatic heterocycles. The van der Waals surface area contributed by atoms with E-state index in [1.54, 1.807) is 0 Å². The molecule has 242 valence electrons. The second-order valence-electron chi connectivity index (χ2n) is 10.0. The fourth-order valence-electron chi connectivity index (χ4n) is 4.45. The van der Waals surface area contributed by atoms with Crippen LogP contribution in [0.3, 0.4) is 0 Å². The number of rotatable bonds is 8.